The lowest BCUT2D eigenvalue weighted by atomic mass is 10.1. The average molecular weight is 351 g/mol. The molecular weight excluding hydrogens is 334 g/mol. The van der Waals surface area contributed by atoms with Crippen LogP contribution in [0.1, 0.15) is 12.0 Å². The summed E-state index contributed by atoms with van der Waals surface area (Å²) >= 11 is 1.44. The second kappa shape index (κ2) is 6.29. The van der Waals surface area contributed by atoms with Gasteiger partial charge in [0.25, 0.3) is 0 Å². The van der Waals surface area contributed by atoms with E-state index in [0.717, 1.165) is 21.5 Å². The molecule has 2 amide bonds. The Bertz CT molecular complexity index is 933. The van der Waals surface area contributed by atoms with Crippen LogP contribution >= 0.6 is 11.3 Å². The quantitative estimate of drug-likeness (QED) is 0.784. The number of para-hydroxylation sites is 2. The Kier molecular flexibility index (Phi) is 3.97. The highest BCUT2D eigenvalue weighted by molar-refractivity contribution is 7.22. The Hall–Kier alpha value is -2.73. The van der Waals surface area contributed by atoms with Crippen molar-refractivity contribution in [2.75, 3.05) is 16.8 Å². The van der Waals surface area contributed by atoms with Gasteiger partial charge in [-0.1, -0.05) is 41.7 Å². The third kappa shape index (κ3) is 3.00. The number of anilines is 2. The van der Waals surface area contributed by atoms with E-state index in [2.05, 4.69) is 10.3 Å². The minimum absolute atomic E-state index is 0.0150. The Morgan fingerprint density at radius 1 is 1.20 bits per heavy atom. The van der Waals surface area contributed by atoms with Crippen molar-refractivity contribution in [2.24, 2.45) is 5.92 Å². The maximum absolute atomic E-state index is 12.6. The fourth-order valence-corrected chi connectivity index (χ4v) is 3.98. The van der Waals surface area contributed by atoms with Crippen molar-refractivity contribution in [3.8, 4) is 0 Å². The van der Waals surface area contributed by atoms with Crippen LogP contribution in [0, 0.1) is 12.8 Å². The molecule has 126 valence electrons. The minimum atomic E-state index is -0.362. The number of nitrogens with zero attached hydrogens (tertiary/aromatic N) is 2. The standard InChI is InChI=1S/C19H17N3O2S/c1-12-6-2-4-8-15(12)22-11-13(10-17(22)23)18(24)21-19-20-14-7-3-5-9-16(14)25-19/h2-9,13H,10-11H2,1H3,(H,20,21,24). The molecule has 0 saturated carbocycles. The molecule has 0 aliphatic carbocycles. The molecule has 0 bridgehead atoms. The fraction of sp³-hybridized carbons (Fsp3) is 0.211. The van der Waals surface area contributed by atoms with E-state index >= 15 is 0 Å². The maximum Gasteiger partial charge on any atom is 0.231 e. The second-order valence-corrected chi connectivity index (χ2v) is 7.20. The SMILES string of the molecule is Cc1ccccc1N1CC(C(=O)Nc2nc3ccccc3s2)CC1=O. The molecule has 1 atom stereocenters. The molecule has 2 aromatic carbocycles. The molecule has 0 radical (unpaired) electrons. The van der Waals surface area contributed by atoms with Gasteiger partial charge in [0.1, 0.15) is 0 Å². The van der Waals surface area contributed by atoms with Crippen LogP contribution in [0.2, 0.25) is 0 Å². The molecule has 25 heavy (non-hydrogen) atoms. The van der Waals surface area contributed by atoms with Crippen molar-refractivity contribution < 1.29 is 9.59 Å². The van der Waals surface area contributed by atoms with Gasteiger partial charge in [0.05, 0.1) is 16.1 Å². The van der Waals surface area contributed by atoms with Gasteiger partial charge >= 0.3 is 0 Å². The first-order valence-corrected chi connectivity index (χ1v) is 8.96. The zero-order valence-corrected chi connectivity index (χ0v) is 14.5. The van der Waals surface area contributed by atoms with E-state index in [4.69, 9.17) is 0 Å². The second-order valence-electron chi connectivity index (χ2n) is 6.17. The van der Waals surface area contributed by atoms with Gasteiger partial charge in [-0.15, -0.1) is 0 Å². The van der Waals surface area contributed by atoms with Gasteiger partial charge in [0, 0.05) is 18.7 Å². The maximum atomic E-state index is 12.6. The minimum Gasteiger partial charge on any atom is -0.311 e. The lowest BCUT2D eigenvalue weighted by Crippen LogP contribution is -2.28. The molecule has 4 rings (SSSR count). The van der Waals surface area contributed by atoms with Gasteiger partial charge in [-0.2, -0.15) is 0 Å². The highest BCUT2D eigenvalue weighted by atomic mass is 32.1. The van der Waals surface area contributed by atoms with Crippen molar-refractivity contribution in [1.29, 1.82) is 0 Å². The summed E-state index contributed by atoms with van der Waals surface area (Å²) in [7, 11) is 0. The van der Waals surface area contributed by atoms with Gasteiger partial charge in [-0.25, -0.2) is 4.98 Å². The molecule has 1 aliphatic rings. The number of hydrogen-bond donors (Lipinski definition) is 1. The number of fused-ring (bicyclic) bond motifs is 1. The molecule has 2 heterocycles. The number of thiazole rings is 1. The van der Waals surface area contributed by atoms with Crippen LogP contribution in [0.15, 0.2) is 48.5 Å². The molecule has 1 aliphatic heterocycles. The van der Waals surface area contributed by atoms with Crippen LogP contribution in [-0.2, 0) is 9.59 Å². The molecule has 6 heteroatoms. The number of benzene rings is 2. The van der Waals surface area contributed by atoms with Crippen LogP contribution in [-0.4, -0.2) is 23.3 Å². The summed E-state index contributed by atoms with van der Waals surface area (Å²) in [6.07, 6.45) is 0.227. The van der Waals surface area contributed by atoms with E-state index in [1.165, 1.54) is 11.3 Å². The largest absolute Gasteiger partial charge is 0.311 e. The number of amides is 2. The van der Waals surface area contributed by atoms with Crippen LogP contribution in [0.3, 0.4) is 0 Å². The van der Waals surface area contributed by atoms with E-state index in [1.807, 2.05) is 55.5 Å². The van der Waals surface area contributed by atoms with Crippen molar-refractivity contribution in [1.82, 2.24) is 4.98 Å². The number of carbonyl (C=O) groups is 2. The van der Waals surface area contributed by atoms with Crippen LogP contribution < -0.4 is 10.2 Å². The number of aromatic nitrogens is 1. The van der Waals surface area contributed by atoms with E-state index in [-0.39, 0.29) is 24.2 Å². The Labute approximate surface area is 149 Å². The summed E-state index contributed by atoms with van der Waals surface area (Å²) in [6, 6.07) is 15.5. The smallest absolute Gasteiger partial charge is 0.231 e. The Balaban J connectivity index is 1.50. The normalized spacial score (nSPS) is 17.2. The first-order chi connectivity index (χ1) is 12.1. The first kappa shape index (κ1) is 15.8. The fourth-order valence-electron chi connectivity index (χ4n) is 3.12. The van der Waals surface area contributed by atoms with Gasteiger partial charge in [0.2, 0.25) is 11.8 Å². The first-order valence-electron chi connectivity index (χ1n) is 8.14. The monoisotopic (exact) mass is 351 g/mol. The van der Waals surface area contributed by atoms with Gasteiger partial charge < -0.3 is 10.2 Å². The zero-order valence-electron chi connectivity index (χ0n) is 13.7. The van der Waals surface area contributed by atoms with Crippen LogP contribution in [0.25, 0.3) is 10.2 Å². The van der Waals surface area contributed by atoms with E-state index < -0.39 is 0 Å². The van der Waals surface area contributed by atoms with E-state index in [1.54, 1.807) is 4.90 Å². The summed E-state index contributed by atoms with van der Waals surface area (Å²) in [5.74, 6) is -0.527. The molecular formula is C19H17N3O2S. The molecule has 1 fully saturated rings. The third-order valence-corrected chi connectivity index (χ3v) is 5.38. The molecule has 3 aromatic rings. The highest BCUT2D eigenvalue weighted by Gasteiger charge is 2.35. The summed E-state index contributed by atoms with van der Waals surface area (Å²) < 4.78 is 1.03. The van der Waals surface area contributed by atoms with Crippen molar-refractivity contribution in [3.63, 3.8) is 0 Å². The molecule has 1 unspecified atom stereocenters. The predicted octanol–water partition coefficient (Wildman–Crippen LogP) is 3.60. The number of hydrogen-bond acceptors (Lipinski definition) is 4. The van der Waals surface area contributed by atoms with Gasteiger partial charge in [-0.3, -0.25) is 9.59 Å². The molecule has 1 saturated heterocycles. The Morgan fingerprint density at radius 2 is 1.96 bits per heavy atom. The molecule has 5 nitrogen and oxygen atoms in total. The summed E-state index contributed by atoms with van der Waals surface area (Å²) in [4.78, 5) is 31.1. The molecule has 1 aromatic heterocycles. The summed E-state index contributed by atoms with van der Waals surface area (Å²) in [6.45, 7) is 2.37. The topological polar surface area (TPSA) is 62.3 Å². The van der Waals surface area contributed by atoms with E-state index in [9.17, 15) is 9.59 Å². The van der Waals surface area contributed by atoms with Crippen LogP contribution in [0.4, 0.5) is 10.8 Å². The lowest BCUT2D eigenvalue weighted by Gasteiger charge is -2.18. The van der Waals surface area contributed by atoms with Gasteiger partial charge in [0.15, 0.2) is 5.13 Å². The molecule has 0 spiro atoms. The van der Waals surface area contributed by atoms with Crippen molar-refractivity contribution in [2.45, 2.75) is 13.3 Å². The Morgan fingerprint density at radius 3 is 2.76 bits per heavy atom. The number of aryl methyl sites for hydroxylation is 1. The number of rotatable bonds is 3. The summed E-state index contributed by atoms with van der Waals surface area (Å²) in [5.41, 5.74) is 2.78. The predicted molar refractivity (Wildman–Crippen MR) is 99.9 cm³/mol. The molecule has 1 N–H and O–H groups in total. The number of nitrogens with one attached hydrogen (secondary N) is 1. The summed E-state index contributed by atoms with van der Waals surface area (Å²) in [5, 5.41) is 3.45. The average Bonchev–Trinajstić information content (AvgIpc) is 3.18. The van der Waals surface area contributed by atoms with Crippen molar-refractivity contribution >= 4 is 44.2 Å². The van der Waals surface area contributed by atoms with Crippen molar-refractivity contribution in [3.05, 3.63) is 54.1 Å². The zero-order chi connectivity index (χ0) is 17.4. The third-order valence-electron chi connectivity index (χ3n) is 4.43. The lowest BCUT2D eigenvalue weighted by molar-refractivity contribution is -0.122. The van der Waals surface area contributed by atoms with E-state index in [0.29, 0.717) is 11.7 Å². The van der Waals surface area contributed by atoms with Crippen LogP contribution in [0.5, 0.6) is 0 Å². The highest BCUT2D eigenvalue weighted by Crippen LogP contribution is 2.30. The number of carbonyl (C=O) groups excluding carboxylic acids is 2. The van der Waals surface area contributed by atoms with Gasteiger partial charge in [-0.05, 0) is 30.7 Å².